The number of nitrogens with one attached hydrogen (secondary N) is 2. The average Bonchev–Trinajstić information content (AvgIpc) is 3.10. The Kier molecular flexibility index (Phi) is 6.45. The number of nitrogens with zero attached hydrogens (tertiary/aromatic N) is 4. The topological polar surface area (TPSA) is 111 Å². The van der Waals surface area contributed by atoms with E-state index >= 15 is 0 Å². The molecule has 0 aliphatic heterocycles. The summed E-state index contributed by atoms with van der Waals surface area (Å²) in [5, 5.41) is 2.96. The number of sulfonamides is 1. The van der Waals surface area contributed by atoms with Gasteiger partial charge in [-0.1, -0.05) is 12.1 Å². The van der Waals surface area contributed by atoms with Gasteiger partial charge in [-0.2, -0.15) is 0 Å². The number of hydrogen-bond acceptors (Lipinski definition) is 7. The standard InChI is InChI=1S/C18H19F3N6O3S/c1-12-25-16(11-17(26-12)27-10-9-22-13(27)2)23-7-8-24-31(28,29)15-6-4-3-5-14(15)30-18(19,20)21/h3-6,9-11,24H,7-8H2,1-2H3,(H,23,25,26). The second kappa shape index (κ2) is 8.89. The van der Waals surface area contributed by atoms with Crippen molar-refractivity contribution in [3.8, 4) is 11.6 Å². The number of rotatable bonds is 8. The lowest BCUT2D eigenvalue weighted by Gasteiger charge is -2.14. The van der Waals surface area contributed by atoms with Crippen LogP contribution in [0, 0.1) is 13.8 Å². The van der Waals surface area contributed by atoms with E-state index in [9.17, 15) is 21.6 Å². The van der Waals surface area contributed by atoms with Crippen molar-refractivity contribution in [3.05, 3.63) is 54.4 Å². The Morgan fingerprint density at radius 1 is 1.13 bits per heavy atom. The summed E-state index contributed by atoms with van der Waals surface area (Å²) in [5.74, 6) is 1.46. The van der Waals surface area contributed by atoms with Crippen molar-refractivity contribution < 1.29 is 26.3 Å². The van der Waals surface area contributed by atoms with E-state index in [1.807, 2.05) is 6.92 Å². The van der Waals surface area contributed by atoms with Crippen molar-refractivity contribution in [1.82, 2.24) is 24.2 Å². The molecule has 0 saturated carbocycles. The Balaban J connectivity index is 1.65. The summed E-state index contributed by atoms with van der Waals surface area (Å²) < 4.78 is 70.3. The van der Waals surface area contributed by atoms with Gasteiger partial charge in [0.15, 0.2) is 0 Å². The fourth-order valence-electron chi connectivity index (χ4n) is 2.72. The van der Waals surface area contributed by atoms with E-state index in [1.54, 1.807) is 30.0 Å². The second-order valence-electron chi connectivity index (χ2n) is 6.32. The SMILES string of the molecule is Cc1nc(NCCNS(=O)(=O)c2ccccc2OC(F)(F)F)cc(-n2ccnc2C)n1. The van der Waals surface area contributed by atoms with E-state index < -0.39 is 27.0 Å². The van der Waals surface area contributed by atoms with E-state index in [0.717, 1.165) is 18.0 Å². The smallest absolute Gasteiger partial charge is 0.404 e. The minimum Gasteiger partial charge on any atom is -0.404 e. The number of aromatic nitrogens is 4. The van der Waals surface area contributed by atoms with Gasteiger partial charge in [0.05, 0.1) is 0 Å². The maximum Gasteiger partial charge on any atom is 0.573 e. The van der Waals surface area contributed by atoms with Crippen LogP contribution in [0.15, 0.2) is 47.6 Å². The lowest BCUT2D eigenvalue weighted by molar-refractivity contribution is -0.275. The number of halogens is 3. The quantitative estimate of drug-likeness (QED) is 0.501. The molecule has 2 N–H and O–H groups in total. The molecule has 0 spiro atoms. The number of alkyl halides is 3. The predicted molar refractivity (Wildman–Crippen MR) is 105 cm³/mol. The van der Waals surface area contributed by atoms with Crippen LogP contribution in [-0.2, 0) is 10.0 Å². The van der Waals surface area contributed by atoms with E-state index in [0.29, 0.717) is 17.5 Å². The summed E-state index contributed by atoms with van der Waals surface area (Å²) in [7, 11) is -4.24. The molecule has 3 aromatic rings. The van der Waals surface area contributed by atoms with E-state index in [1.165, 1.54) is 12.1 Å². The molecule has 31 heavy (non-hydrogen) atoms. The van der Waals surface area contributed by atoms with Crippen LogP contribution in [0.2, 0.25) is 0 Å². The van der Waals surface area contributed by atoms with Crippen molar-refractivity contribution in [2.24, 2.45) is 0 Å². The summed E-state index contributed by atoms with van der Waals surface area (Å²) in [6.45, 7) is 3.55. The highest BCUT2D eigenvalue weighted by Gasteiger charge is 2.33. The molecule has 166 valence electrons. The maximum atomic E-state index is 12.5. The number of imidazole rings is 1. The molecule has 0 radical (unpaired) electrons. The number of benzene rings is 1. The van der Waals surface area contributed by atoms with Gasteiger partial charge in [0.1, 0.15) is 33.9 Å². The maximum absolute atomic E-state index is 12.5. The number of ether oxygens (including phenoxy) is 1. The first-order chi connectivity index (χ1) is 14.5. The minimum atomic E-state index is -5.01. The van der Waals surface area contributed by atoms with Crippen molar-refractivity contribution in [3.63, 3.8) is 0 Å². The van der Waals surface area contributed by atoms with Crippen LogP contribution >= 0.6 is 0 Å². The molecular weight excluding hydrogens is 437 g/mol. The van der Waals surface area contributed by atoms with Gasteiger partial charge in [-0.3, -0.25) is 4.57 Å². The molecule has 0 saturated heterocycles. The van der Waals surface area contributed by atoms with Gasteiger partial charge in [0, 0.05) is 31.5 Å². The number of para-hydroxylation sites is 1. The van der Waals surface area contributed by atoms with Gasteiger partial charge in [0.25, 0.3) is 0 Å². The van der Waals surface area contributed by atoms with E-state index in [2.05, 4.69) is 29.7 Å². The zero-order valence-electron chi connectivity index (χ0n) is 16.5. The molecule has 2 heterocycles. The third-order valence-electron chi connectivity index (χ3n) is 3.98. The molecule has 0 bridgehead atoms. The van der Waals surface area contributed by atoms with Gasteiger partial charge in [-0.05, 0) is 26.0 Å². The van der Waals surface area contributed by atoms with Crippen molar-refractivity contribution >= 4 is 15.8 Å². The fraction of sp³-hybridized carbons (Fsp3) is 0.278. The third-order valence-corrected chi connectivity index (χ3v) is 5.49. The number of anilines is 1. The predicted octanol–water partition coefficient (Wildman–Crippen LogP) is 2.57. The van der Waals surface area contributed by atoms with Gasteiger partial charge < -0.3 is 10.1 Å². The van der Waals surface area contributed by atoms with Crippen LogP contribution in [-0.4, -0.2) is 47.4 Å². The normalized spacial score (nSPS) is 12.0. The average molecular weight is 456 g/mol. The summed E-state index contributed by atoms with van der Waals surface area (Å²) >= 11 is 0. The zero-order chi connectivity index (χ0) is 22.6. The fourth-order valence-corrected chi connectivity index (χ4v) is 3.88. The van der Waals surface area contributed by atoms with Crippen LogP contribution in [0.1, 0.15) is 11.6 Å². The number of hydrogen-bond donors (Lipinski definition) is 2. The molecule has 0 unspecified atom stereocenters. The first kappa shape index (κ1) is 22.5. The summed E-state index contributed by atoms with van der Waals surface area (Å²) in [6, 6.07) is 6.19. The molecule has 13 heteroatoms. The second-order valence-corrected chi connectivity index (χ2v) is 8.06. The molecule has 0 fully saturated rings. The highest BCUT2D eigenvalue weighted by Crippen LogP contribution is 2.29. The highest BCUT2D eigenvalue weighted by molar-refractivity contribution is 7.89. The Morgan fingerprint density at radius 2 is 1.87 bits per heavy atom. The first-order valence-electron chi connectivity index (χ1n) is 8.99. The van der Waals surface area contributed by atoms with Crippen LogP contribution in [0.25, 0.3) is 5.82 Å². The monoisotopic (exact) mass is 456 g/mol. The van der Waals surface area contributed by atoms with Crippen LogP contribution in [0.5, 0.6) is 5.75 Å². The molecule has 3 rings (SSSR count). The molecular formula is C18H19F3N6O3S. The van der Waals surface area contributed by atoms with Crippen molar-refractivity contribution in [2.45, 2.75) is 25.1 Å². The molecule has 9 nitrogen and oxygen atoms in total. The number of aryl methyl sites for hydroxylation is 2. The third kappa shape index (κ3) is 5.92. The Labute approximate surface area is 176 Å². The van der Waals surface area contributed by atoms with Crippen molar-refractivity contribution in [1.29, 1.82) is 0 Å². The molecule has 0 aliphatic rings. The van der Waals surface area contributed by atoms with Crippen LogP contribution in [0.3, 0.4) is 0 Å². The molecule has 2 aromatic heterocycles. The van der Waals surface area contributed by atoms with Gasteiger partial charge in [-0.25, -0.2) is 28.1 Å². The lowest BCUT2D eigenvalue weighted by atomic mass is 10.3. The van der Waals surface area contributed by atoms with Crippen LogP contribution < -0.4 is 14.8 Å². The molecule has 0 amide bonds. The highest BCUT2D eigenvalue weighted by atomic mass is 32.2. The summed E-state index contributed by atoms with van der Waals surface area (Å²) in [6.07, 6.45) is -1.63. The molecule has 0 aliphatic carbocycles. The van der Waals surface area contributed by atoms with Gasteiger partial charge in [-0.15, -0.1) is 13.2 Å². The molecule has 1 aromatic carbocycles. The zero-order valence-corrected chi connectivity index (χ0v) is 17.3. The lowest BCUT2D eigenvalue weighted by Crippen LogP contribution is -2.30. The molecule has 0 atom stereocenters. The Hall–Kier alpha value is -3.19. The largest absolute Gasteiger partial charge is 0.573 e. The van der Waals surface area contributed by atoms with Crippen LogP contribution in [0.4, 0.5) is 19.0 Å². The van der Waals surface area contributed by atoms with E-state index in [4.69, 9.17) is 0 Å². The Morgan fingerprint density at radius 3 is 2.55 bits per heavy atom. The van der Waals surface area contributed by atoms with Crippen molar-refractivity contribution in [2.75, 3.05) is 18.4 Å². The summed E-state index contributed by atoms with van der Waals surface area (Å²) in [4.78, 5) is 12.1. The van der Waals surface area contributed by atoms with Gasteiger partial charge >= 0.3 is 6.36 Å². The Bertz CT molecular complexity index is 1160. The summed E-state index contributed by atoms with van der Waals surface area (Å²) in [5.41, 5.74) is 0. The van der Waals surface area contributed by atoms with Gasteiger partial charge in [0.2, 0.25) is 10.0 Å². The minimum absolute atomic E-state index is 0.106. The first-order valence-corrected chi connectivity index (χ1v) is 10.5. The van der Waals surface area contributed by atoms with E-state index in [-0.39, 0.29) is 13.1 Å².